The molecule has 1 saturated heterocycles. The number of amides is 2. The number of benzene rings is 1. The minimum absolute atomic E-state index is 0.0813. The summed E-state index contributed by atoms with van der Waals surface area (Å²) in [5.74, 6) is -0.212. The van der Waals surface area contributed by atoms with Gasteiger partial charge in [0, 0.05) is 8.95 Å². The lowest BCUT2D eigenvalue weighted by molar-refractivity contribution is -0.133. The molecule has 2 atom stereocenters. The lowest BCUT2D eigenvalue weighted by Crippen LogP contribution is -2.62. The second-order valence-corrected chi connectivity index (χ2v) is 6.13. The van der Waals surface area contributed by atoms with Crippen molar-refractivity contribution in [2.75, 3.05) is 4.90 Å². The van der Waals surface area contributed by atoms with Crippen molar-refractivity contribution in [2.24, 2.45) is 0 Å². The number of halogens is 2. The summed E-state index contributed by atoms with van der Waals surface area (Å²) < 4.78 is 1.57. The van der Waals surface area contributed by atoms with Gasteiger partial charge in [0.15, 0.2) is 0 Å². The third kappa shape index (κ3) is 2.56. The van der Waals surface area contributed by atoms with E-state index in [9.17, 15) is 9.59 Å². The van der Waals surface area contributed by atoms with Crippen molar-refractivity contribution < 1.29 is 9.59 Å². The Morgan fingerprint density at radius 3 is 2.37 bits per heavy atom. The van der Waals surface area contributed by atoms with Crippen LogP contribution in [0.15, 0.2) is 27.1 Å². The molecule has 4 nitrogen and oxygen atoms in total. The van der Waals surface area contributed by atoms with Gasteiger partial charge in [-0.25, -0.2) is 0 Å². The van der Waals surface area contributed by atoms with Crippen molar-refractivity contribution in [3.8, 4) is 0 Å². The Bertz CT molecular complexity index is 513. The van der Waals surface area contributed by atoms with E-state index in [2.05, 4.69) is 37.2 Å². The summed E-state index contributed by atoms with van der Waals surface area (Å²) in [4.78, 5) is 26.0. The molecule has 1 N–H and O–H groups in total. The molecular weight excluding hydrogens is 376 g/mol. The Labute approximate surface area is 128 Å². The van der Waals surface area contributed by atoms with Crippen LogP contribution in [0.5, 0.6) is 0 Å². The minimum Gasteiger partial charge on any atom is -0.343 e. The van der Waals surface area contributed by atoms with E-state index in [-0.39, 0.29) is 11.8 Å². The molecule has 0 radical (unpaired) electrons. The fourth-order valence-electron chi connectivity index (χ4n) is 2.13. The topological polar surface area (TPSA) is 49.4 Å². The number of nitrogens with zero attached hydrogens (tertiary/aromatic N) is 1. The van der Waals surface area contributed by atoms with E-state index >= 15 is 0 Å². The summed E-state index contributed by atoms with van der Waals surface area (Å²) in [7, 11) is 0. The summed E-state index contributed by atoms with van der Waals surface area (Å²) in [6.07, 6.45) is 0.579. The van der Waals surface area contributed by atoms with E-state index < -0.39 is 12.1 Å². The number of anilines is 1. The summed E-state index contributed by atoms with van der Waals surface area (Å²) in [6, 6.07) is 4.60. The van der Waals surface area contributed by atoms with Gasteiger partial charge >= 0.3 is 0 Å². The molecule has 2 amide bonds. The largest absolute Gasteiger partial charge is 0.343 e. The van der Waals surface area contributed by atoms with Crippen LogP contribution in [0.2, 0.25) is 0 Å². The second-order valence-electron chi connectivity index (χ2n) is 4.42. The molecule has 1 fully saturated rings. The highest BCUT2D eigenvalue weighted by Gasteiger charge is 2.39. The number of para-hydroxylation sites is 1. The molecule has 1 heterocycles. The Hall–Kier alpha value is -0.880. The van der Waals surface area contributed by atoms with Crippen molar-refractivity contribution >= 4 is 49.4 Å². The third-order valence-corrected chi connectivity index (χ3v) is 4.49. The molecule has 0 spiro atoms. The fraction of sp³-hybridized carbons (Fsp3) is 0.385. The summed E-state index contributed by atoms with van der Waals surface area (Å²) >= 11 is 6.89. The molecule has 2 unspecified atom stereocenters. The van der Waals surface area contributed by atoms with Crippen LogP contribution in [0.4, 0.5) is 5.69 Å². The maximum atomic E-state index is 12.5. The highest BCUT2D eigenvalue weighted by Crippen LogP contribution is 2.36. The Morgan fingerprint density at radius 1 is 1.26 bits per heavy atom. The lowest BCUT2D eigenvalue weighted by atomic mass is 10.1. The Morgan fingerprint density at radius 2 is 1.84 bits per heavy atom. The van der Waals surface area contributed by atoms with E-state index in [1.165, 1.54) is 0 Å². The molecule has 1 aromatic carbocycles. The molecule has 0 aliphatic carbocycles. The van der Waals surface area contributed by atoms with Gasteiger partial charge in [-0.2, -0.15) is 0 Å². The number of rotatable bonds is 2. The van der Waals surface area contributed by atoms with Gasteiger partial charge in [0.25, 0.3) is 0 Å². The van der Waals surface area contributed by atoms with E-state index in [1.54, 1.807) is 11.8 Å². The van der Waals surface area contributed by atoms with Crippen LogP contribution >= 0.6 is 31.9 Å². The normalized spacial score (nSPS) is 23.5. The van der Waals surface area contributed by atoms with Crippen LogP contribution in [-0.4, -0.2) is 23.9 Å². The monoisotopic (exact) mass is 388 g/mol. The van der Waals surface area contributed by atoms with Crippen LogP contribution < -0.4 is 10.2 Å². The molecule has 0 aromatic heterocycles. The highest BCUT2D eigenvalue weighted by molar-refractivity contribution is 9.11. The molecule has 0 saturated carbocycles. The SMILES string of the molecule is CCC1NC(=O)C(C)N(c2c(Br)cccc2Br)C1=O. The number of piperazine rings is 1. The average Bonchev–Trinajstić information content (AvgIpc) is 2.37. The molecule has 2 rings (SSSR count). The molecule has 1 aliphatic rings. The van der Waals surface area contributed by atoms with E-state index in [0.29, 0.717) is 12.1 Å². The maximum Gasteiger partial charge on any atom is 0.250 e. The van der Waals surface area contributed by atoms with Gasteiger partial charge in [-0.15, -0.1) is 0 Å². The molecule has 1 aromatic rings. The molecule has 1 aliphatic heterocycles. The van der Waals surface area contributed by atoms with Gasteiger partial charge in [0.05, 0.1) is 5.69 Å². The number of hydrogen-bond acceptors (Lipinski definition) is 2. The first-order valence-corrected chi connectivity index (χ1v) is 7.63. The van der Waals surface area contributed by atoms with Crippen molar-refractivity contribution in [2.45, 2.75) is 32.4 Å². The van der Waals surface area contributed by atoms with Crippen molar-refractivity contribution in [3.63, 3.8) is 0 Å². The molecule has 0 bridgehead atoms. The van der Waals surface area contributed by atoms with Crippen molar-refractivity contribution in [1.29, 1.82) is 0 Å². The van der Waals surface area contributed by atoms with Crippen LogP contribution in [0.3, 0.4) is 0 Å². The zero-order valence-corrected chi connectivity index (χ0v) is 13.8. The zero-order chi connectivity index (χ0) is 14.2. The van der Waals surface area contributed by atoms with Crippen LogP contribution in [-0.2, 0) is 9.59 Å². The average molecular weight is 390 g/mol. The number of nitrogens with one attached hydrogen (secondary N) is 1. The standard InChI is InChI=1S/C13H14Br2N2O2/c1-3-10-13(19)17(7(2)12(18)16-10)11-8(14)5-4-6-9(11)15/h4-7,10H,3H2,1-2H3,(H,16,18). The van der Waals surface area contributed by atoms with E-state index in [4.69, 9.17) is 0 Å². The predicted molar refractivity (Wildman–Crippen MR) is 81.0 cm³/mol. The number of carbonyl (C=O) groups excluding carboxylic acids is 2. The maximum absolute atomic E-state index is 12.5. The third-order valence-electron chi connectivity index (χ3n) is 3.21. The first kappa shape index (κ1) is 14.5. The van der Waals surface area contributed by atoms with Gasteiger partial charge in [-0.05, 0) is 57.3 Å². The van der Waals surface area contributed by atoms with Crippen LogP contribution in [0.1, 0.15) is 20.3 Å². The highest BCUT2D eigenvalue weighted by atomic mass is 79.9. The van der Waals surface area contributed by atoms with E-state index in [0.717, 1.165) is 8.95 Å². The van der Waals surface area contributed by atoms with Crippen LogP contribution in [0.25, 0.3) is 0 Å². The summed E-state index contributed by atoms with van der Waals surface area (Å²) in [5.41, 5.74) is 0.702. The summed E-state index contributed by atoms with van der Waals surface area (Å²) in [5, 5.41) is 2.74. The zero-order valence-electron chi connectivity index (χ0n) is 10.6. The first-order chi connectivity index (χ1) is 8.97. The van der Waals surface area contributed by atoms with Crippen molar-refractivity contribution in [1.82, 2.24) is 5.32 Å². The van der Waals surface area contributed by atoms with Gasteiger partial charge in [-0.3, -0.25) is 14.5 Å². The van der Waals surface area contributed by atoms with Gasteiger partial charge in [0.1, 0.15) is 12.1 Å². The quantitative estimate of drug-likeness (QED) is 0.845. The van der Waals surface area contributed by atoms with Gasteiger partial charge < -0.3 is 5.32 Å². The summed E-state index contributed by atoms with van der Waals surface area (Å²) in [6.45, 7) is 3.61. The number of hydrogen-bond donors (Lipinski definition) is 1. The van der Waals surface area contributed by atoms with E-state index in [1.807, 2.05) is 25.1 Å². The second kappa shape index (κ2) is 5.63. The van der Waals surface area contributed by atoms with Crippen LogP contribution in [0, 0.1) is 0 Å². The van der Waals surface area contributed by atoms with Gasteiger partial charge in [-0.1, -0.05) is 13.0 Å². The number of carbonyl (C=O) groups is 2. The molecule has 102 valence electrons. The first-order valence-electron chi connectivity index (χ1n) is 6.04. The fourth-order valence-corrected chi connectivity index (χ4v) is 3.51. The molecular formula is C13H14Br2N2O2. The Kier molecular flexibility index (Phi) is 4.30. The lowest BCUT2D eigenvalue weighted by Gasteiger charge is -2.38. The van der Waals surface area contributed by atoms with Gasteiger partial charge in [0.2, 0.25) is 11.8 Å². The smallest absolute Gasteiger partial charge is 0.250 e. The molecule has 19 heavy (non-hydrogen) atoms. The molecule has 6 heteroatoms. The Balaban J connectivity index is 2.51. The van der Waals surface area contributed by atoms with Crippen molar-refractivity contribution in [3.05, 3.63) is 27.1 Å². The minimum atomic E-state index is -0.523. The predicted octanol–water partition coefficient (Wildman–Crippen LogP) is 2.84.